The van der Waals surface area contributed by atoms with Gasteiger partial charge in [-0.2, -0.15) is 9.59 Å². The molecule has 4 heterocycles. The number of rotatable bonds is 8. The number of aryl methyl sites for hydroxylation is 1. The number of aromatic nitrogens is 4. The van der Waals surface area contributed by atoms with E-state index in [1.54, 1.807) is 6.07 Å². The van der Waals surface area contributed by atoms with Crippen LogP contribution in [0, 0.1) is 6.57 Å². The zero-order valence-electron chi connectivity index (χ0n) is 28.2. The van der Waals surface area contributed by atoms with Gasteiger partial charge in [0.1, 0.15) is 18.7 Å². The number of methoxy groups -OCH3 is 1. The Labute approximate surface area is 281 Å². The maximum Gasteiger partial charge on any atom is 0.373 e. The average molecular weight is 656 g/mol. The summed E-state index contributed by atoms with van der Waals surface area (Å²) < 4.78 is 13.7. The third-order valence-electron chi connectivity index (χ3n) is 9.25. The summed E-state index contributed by atoms with van der Waals surface area (Å²) >= 11 is 0. The Morgan fingerprint density at radius 2 is 1.31 bits per heavy atom. The minimum Gasteiger partial charge on any atom is -0.468 e. The Hall–Kier alpha value is -4.81. The Bertz CT molecular complexity index is 1770. The molecule has 2 aliphatic carbocycles. The van der Waals surface area contributed by atoms with Gasteiger partial charge in [0.2, 0.25) is 5.65 Å². The van der Waals surface area contributed by atoms with E-state index in [1.165, 1.54) is 87.8 Å². The molecule has 2 saturated carbocycles. The van der Waals surface area contributed by atoms with E-state index in [2.05, 4.69) is 35.1 Å². The number of carbonyl (C=O) groups excluding carboxylic acids is 4. The fourth-order valence-corrected chi connectivity index (χ4v) is 6.94. The number of esters is 2. The van der Waals surface area contributed by atoms with Crippen LogP contribution in [0.4, 0.5) is 5.82 Å². The molecule has 4 aromatic rings. The first-order valence-corrected chi connectivity index (χ1v) is 16.9. The molecule has 6 rings (SSSR count). The van der Waals surface area contributed by atoms with Crippen molar-refractivity contribution in [3.8, 4) is 0 Å². The van der Waals surface area contributed by atoms with Gasteiger partial charge in [-0.05, 0) is 80.2 Å². The zero-order valence-corrected chi connectivity index (χ0v) is 28.2. The Balaban J connectivity index is 0.000000201. The largest absolute Gasteiger partial charge is 0.468 e. The molecule has 0 aliphatic heterocycles. The van der Waals surface area contributed by atoms with E-state index in [0.29, 0.717) is 29.9 Å². The van der Waals surface area contributed by atoms with Crippen LogP contribution < -0.4 is 0 Å². The van der Waals surface area contributed by atoms with Crippen molar-refractivity contribution in [2.24, 2.45) is 0 Å². The lowest BCUT2D eigenvalue weighted by atomic mass is 9.84. The summed E-state index contributed by atoms with van der Waals surface area (Å²) in [6, 6.07) is 8.02. The molecule has 2 fully saturated rings. The monoisotopic (exact) mass is 655 g/mol. The van der Waals surface area contributed by atoms with Gasteiger partial charge >= 0.3 is 18.1 Å². The smallest absolute Gasteiger partial charge is 0.373 e. The quantitative estimate of drug-likeness (QED) is 0.142. The fraction of sp³-hybridized carbons (Fsp3) is 0.514. The van der Waals surface area contributed by atoms with Crippen LogP contribution >= 0.6 is 0 Å². The van der Waals surface area contributed by atoms with Gasteiger partial charge < -0.3 is 23.5 Å². The highest BCUT2D eigenvalue weighted by molar-refractivity contribution is 5.85. The molecular weight excluding hydrogens is 610 g/mol. The van der Waals surface area contributed by atoms with Gasteiger partial charge in [0.05, 0.1) is 13.7 Å². The van der Waals surface area contributed by atoms with Crippen molar-refractivity contribution in [3.05, 3.63) is 64.9 Å². The van der Waals surface area contributed by atoms with E-state index in [-0.39, 0.29) is 31.2 Å². The second-order valence-electron chi connectivity index (χ2n) is 12.2. The lowest BCUT2D eigenvalue weighted by Gasteiger charge is -2.21. The Morgan fingerprint density at radius 3 is 1.79 bits per heavy atom. The van der Waals surface area contributed by atoms with Crippen LogP contribution in [0.15, 0.2) is 36.7 Å². The topological polar surface area (TPSA) is 127 Å². The van der Waals surface area contributed by atoms with E-state index < -0.39 is 0 Å². The SMILES string of the molecule is CCOC(=O)Cn1cc(C2CCCCC2)c2ccc(CC)nc21.O=C=O.[C-]#[N+]c1ccc2c(C3CCCCC3)cn(CC(=O)OC)c2n1. The molecule has 2 aliphatic rings. The maximum atomic E-state index is 11.9. The molecule has 0 saturated heterocycles. The molecule has 0 bridgehead atoms. The van der Waals surface area contributed by atoms with Crippen LogP contribution in [-0.4, -0.2) is 50.9 Å². The van der Waals surface area contributed by atoms with Gasteiger partial charge in [0, 0.05) is 28.9 Å². The van der Waals surface area contributed by atoms with Crippen LogP contribution in [0.1, 0.15) is 107 Å². The van der Waals surface area contributed by atoms with E-state index in [4.69, 9.17) is 30.6 Å². The van der Waals surface area contributed by atoms with Crippen LogP contribution in [0.25, 0.3) is 26.9 Å². The van der Waals surface area contributed by atoms with Crippen LogP contribution in [-0.2, 0) is 48.2 Å². The molecule has 11 heteroatoms. The molecule has 0 aromatic carbocycles. The van der Waals surface area contributed by atoms with Crippen LogP contribution in [0.5, 0.6) is 0 Å². The molecule has 0 amide bonds. The van der Waals surface area contributed by atoms with Crippen molar-refractivity contribution in [1.82, 2.24) is 19.1 Å². The molecule has 0 atom stereocenters. The first-order valence-electron chi connectivity index (χ1n) is 16.9. The number of hydrogen-bond donors (Lipinski definition) is 0. The summed E-state index contributed by atoms with van der Waals surface area (Å²) in [4.78, 5) is 52.4. The van der Waals surface area contributed by atoms with Crippen molar-refractivity contribution >= 4 is 46.0 Å². The molecule has 11 nitrogen and oxygen atoms in total. The van der Waals surface area contributed by atoms with Crippen molar-refractivity contribution in [1.29, 1.82) is 0 Å². The summed E-state index contributed by atoms with van der Waals surface area (Å²) in [6.07, 6.45) is 17.9. The standard InChI is InChI=1S/C19H26N2O2.C17H19N3O2.CO2/c1-3-15-10-11-16-17(14-8-6-5-7-9-14)12-21(19(16)20-15)13-18(22)23-4-2;1-18-15-9-8-13-14(12-6-4-3-5-7-12)10-20(17(13)19-15)11-16(21)22-2;2-1-3/h10-12,14H,3-9,13H2,1-2H3;8-10,12H,3-7,11H2,2H3;. The first kappa shape index (κ1) is 36.0. The lowest BCUT2D eigenvalue weighted by molar-refractivity contribution is -0.191. The molecular formula is C37H45N5O6. The van der Waals surface area contributed by atoms with Gasteiger partial charge in [0.15, 0.2) is 0 Å². The van der Waals surface area contributed by atoms with Gasteiger partial charge in [-0.25, -0.2) is 4.98 Å². The third kappa shape index (κ3) is 8.96. The predicted molar refractivity (Wildman–Crippen MR) is 180 cm³/mol. The number of ether oxygens (including phenoxy) is 2. The Kier molecular flexibility index (Phi) is 13.5. The number of fused-ring (bicyclic) bond motifs is 2. The minimum atomic E-state index is -0.304. The number of carbonyl (C=O) groups is 2. The lowest BCUT2D eigenvalue weighted by Crippen LogP contribution is -2.13. The zero-order chi connectivity index (χ0) is 34.5. The molecule has 254 valence electrons. The number of hydrogen-bond acceptors (Lipinski definition) is 8. The number of nitrogens with zero attached hydrogens (tertiary/aromatic N) is 5. The van der Waals surface area contributed by atoms with E-state index >= 15 is 0 Å². The molecule has 4 aromatic heterocycles. The summed E-state index contributed by atoms with van der Waals surface area (Å²) in [7, 11) is 1.38. The van der Waals surface area contributed by atoms with Crippen molar-refractivity contribution in [2.45, 2.75) is 109 Å². The normalized spacial score (nSPS) is 15.0. The highest BCUT2D eigenvalue weighted by atomic mass is 16.5. The first-order chi connectivity index (χ1) is 23.4. The van der Waals surface area contributed by atoms with Crippen LogP contribution in [0.2, 0.25) is 0 Å². The second-order valence-corrected chi connectivity index (χ2v) is 12.2. The highest BCUT2D eigenvalue weighted by Crippen LogP contribution is 2.38. The molecule has 0 spiro atoms. The highest BCUT2D eigenvalue weighted by Gasteiger charge is 2.24. The minimum absolute atomic E-state index is 0.133. The Morgan fingerprint density at radius 1 is 0.812 bits per heavy atom. The third-order valence-corrected chi connectivity index (χ3v) is 9.25. The fourth-order valence-electron chi connectivity index (χ4n) is 6.94. The summed E-state index contributed by atoms with van der Waals surface area (Å²) in [5.74, 6) is 0.983. The average Bonchev–Trinajstić information content (AvgIpc) is 3.66. The molecule has 48 heavy (non-hydrogen) atoms. The maximum absolute atomic E-state index is 11.9. The van der Waals surface area contributed by atoms with Crippen LogP contribution in [0.3, 0.4) is 0 Å². The molecule has 0 N–H and O–H groups in total. The van der Waals surface area contributed by atoms with Gasteiger partial charge in [0.25, 0.3) is 5.82 Å². The summed E-state index contributed by atoms with van der Waals surface area (Å²) in [6.45, 7) is 11.9. The molecule has 0 unspecified atom stereocenters. The van der Waals surface area contributed by atoms with Crippen molar-refractivity contribution in [2.75, 3.05) is 13.7 Å². The van der Waals surface area contributed by atoms with E-state index in [9.17, 15) is 9.59 Å². The molecule has 0 radical (unpaired) electrons. The second kappa shape index (κ2) is 17.9. The van der Waals surface area contributed by atoms with Gasteiger partial charge in [-0.15, -0.1) is 4.98 Å². The summed E-state index contributed by atoms with van der Waals surface area (Å²) in [5, 5.41) is 2.27. The van der Waals surface area contributed by atoms with E-state index in [1.807, 2.05) is 28.3 Å². The summed E-state index contributed by atoms with van der Waals surface area (Å²) in [5.41, 5.74) is 5.31. The van der Waals surface area contributed by atoms with Crippen molar-refractivity contribution < 1.29 is 28.7 Å². The predicted octanol–water partition coefficient (Wildman–Crippen LogP) is 7.43. The van der Waals surface area contributed by atoms with Gasteiger partial charge in [-0.3, -0.25) is 9.59 Å². The van der Waals surface area contributed by atoms with Gasteiger partial charge in [-0.1, -0.05) is 58.1 Å². The van der Waals surface area contributed by atoms with E-state index in [0.717, 1.165) is 23.1 Å². The van der Waals surface area contributed by atoms with Crippen molar-refractivity contribution in [3.63, 3.8) is 0 Å². The number of pyridine rings is 2.